The van der Waals surface area contributed by atoms with Gasteiger partial charge in [-0.2, -0.15) is 0 Å². The van der Waals surface area contributed by atoms with Crippen molar-refractivity contribution in [3.8, 4) is 11.5 Å². The van der Waals surface area contributed by atoms with Gasteiger partial charge in [-0.1, -0.05) is 23.2 Å². The molecule has 0 aliphatic carbocycles. The summed E-state index contributed by atoms with van der Waals surface area (Å²) in [5, 5.41) is 19.1. The predicted octanol–water partition coefficient (Wildman–Crippen LogP) is 6.53. The Kier molecular flexibility index (Phi) is 12.1. The van der Waals surface area contributed by atoms with Crippen molar-refractivity contribution in [3.05, 3.63) is 82.1 Å². The van der Waals surface area contributed by atoms with E-state index in [1.165, 1.54) is 0 Å². The number of nitrogens with two attached hydrogens (primary N) is 1. The van der Waals surface area contributed by atoms with E-state index in [1.807, 2.05) is 31.2 Å². The van der Waals surface area contributed by atoms with E-state index in [1.54, 1.807) is 41.0 Å². The number of amidine groups is 2. The molecule has 0 bridgehead atoms. The van der Waals surface area contributed by atoms with Crippen molar-refractivity contribution in [2.24, 2.45) is 5.73 Å². The van der Waals surface area contributed by atoms with Gasteiger partial charge < -0.3 is 30.0 Å². The summed E-state index contributed by atoms with van der Waals surface area (Å²) < 4.78 is 14.0. The van der Waals surface area contributed by atoms with E-state index in [4.69, 9.17) is 54.2 Å². The first-order valence-electron chi connectivity index (χ1n) is 13.4. The molecule has 0 spiro atoms. The Balaban J connectivity index is 0.00000264. The minimum atomic E-state index is -0.285. The number of nitrogens with one attached hydrogen (secondary N) is 3. The first-order valence-corrected chi connectivity index (χ1v) is 14.2. The van der Waals surface area contributed by atoms with E-state index >= 15 is 0 Å². The quantitative estimate of drug-likeness (QED) is 0.117. The lowest BCUT2D eigenvalue weighted by molar-refractivity contribution is -0.116. The lowest BCUT2D eigenvalue weighted by atomic mass is 10.1. The fraction of sp³-hybridized carbons (Fsp3) is 0.267. The second-order valence-electron chi connectivity index (χ2n) is 10.1. The Hall–Kier alpha value is -3.70. The van der Waals surface area contributed by atoms with Gasteiger partial charge >= 0.3 is 0 Å². The summed E-state index contributed by atoms with van der Waals surface area (Å²) >= 11 is 12.1. The topological polar surface area (TPSA) is 142 Å². The molecule has 44 heavy (non-hydrogen) atoms. The number of piperidine rings is 1. The highest BCUT2D eigenvalue weighted by Crippen LogP contribution is 2.26. The maximum atomic E-state index is 13.0. The maximum Gasteiger partial charge on any atom is 0.244 e. The normalized spacial score (nSPS) is 13.0. The van der Waals surface area contributed by atoms with Crippen LogP contribution in [0.1, 0.15) is 31.2 Å². The van der Waals surface area contributed by atoms with Crippen LogP contribution in [0.4, 0.5) is 5.69 Å². The number of amides is 1. The van der Waals surface area contributed by atoms with Crippen molar-refractivity contribution < 1.29 is 14.3 Å². The number of nitrogen functional groups attached to an aromatic ring is 1. The van der Waals surface area contributed by atoms with E-state index in [0.717, 1.165) is 31.7 Å². The van der Waals surface area contributed by atoms with Crippen LogP contribution in [0.15, 0.2) is 60.7 Å². The van der Waals surface area contributed by atoms with Gasteiger partial charge in [0.2, 0.25) is 5.91 Å². The van der Waals surface area contributed by atoms with Crippen LogP contribution in [0.3, 0.4) is 0 Å². The molecule has 1 fully saturated rings. The molecule has 234 valence electrons. The smallest absolute Gasteiger partial charge is 0.244 e. The van der Waals surface area contributed by atoms with Gasteiger partial charge in [0.15, 0.2) is 0 Å². The number of halogens is 4. The van der Waals surface area contributed by atoms with E-state index < -0.39 is 0 Å². The summed E-state index contributed by atoms with van der Waals surface area (Å²) in [6.07, 6.45) is 1.85. The van der Waals surface area contributed by atoms with Gasteiger partial charge in [0.1, 0.15) is 42.4 Å². The molecule has 10 nitrogen and oxygen atoms in total. The Morgan fingerprint density at radius 2 is 1.68 bits per heavy atom. The molecular weight excluding hydrogens is 648 g/mol. The van der Waals surface area contributed by atoms with Gasteiger partial charge in [0, 0.05) is 37.2 Å². The molecule has 0 unspecified atom stereocenters. The molecule has 5 N–H and O–H groups in total. The molecular formula is C30H33Cl4N7O3. The molecule has 3 aromatic carbocycles. The molecule has 0 atom stereocenters. The zero-order chi connectivity index (χ0) is 29.8. The van der Waals surface area contributed by atoms with Gasteiger partial charge in [-0.05, 0) is 67.6 Å². The molecule has 1 saturated heterocycles. The number of imidazole rings is 1. The Morgan fingerprint density at radius 3 is 2.32 bits per heavy atom. The molecule has 4 aromatic rings. The summed E-state index contributed by atoms with van der Waals surface area (Å²) in [6, 6.07) is 17.5. The van der Waals surface area contributed by atoms with Gasteiger partial charge in [-0.25, -0.2) is 4.98 Å². The molecule has 1 aromatic heterocycles. The number of hydrogen-bond donors (Lipinski definition) is 4. The first kappa shape index (κ1) is 34.8. The minimum Gasteiger partial charge on any atom is -0.490 e. The van der Waals surface area contributed by atoms with E-state index in [0.29, 0.717) is 49.7 Å². The summed E-state index contributed by atoms with van der Waals surface area (Å²) in [6.45, 7) is 3.53. The zero-order valence-electron chi connectivity index (χ0n) is 23.8. The predicted molar refractivity (Wildman–Crippen MR) is 180 cm³/mol. The maximum absolute atomic E-state index is 13.0. The number of anilines is 1. The molecule has 1 aliphatic rings. The van der Waals surface area contributed by atoms with E-state index in [2.05, 4.69) is 10.2 Å². The third kappa shape index (κ3) is 8.47. The molecule has 2 heterocycles. The Labute approximate surface area is 277 Å². The Morgan fingerprint density at radius 1 is 1.00 bits per heavy atom. The van der Waals surface area contributed by atoms with E-state index in [-0.39, 0.29) is 55.8 Å². The van der Waals surface area contributed by atoms with Crippen molar-refractivity contribution in [2.75, 3.05) is 18.4 Å². The second kappa shape index (κ2) is 15.3. The molecule has 0 saturated carbocycles. The van der Waals surface area contributed by atoms with Crippen LogP contribution in [-0.2, 0) is 17.9 Å². The first-order chi connectivity index (χ1) is 20.2. The van der Waals surface area contributed by atoms with Crippen molar-refractivity contribution >= 4 is 82.3 Å². The minimum absolute atomic E-state index is 0. The highest BCUT2D eigenvalue weighted by atomic mass is 35.5. The van der Waals surface area contributed by atoms with Crippen LogP contribution in [0, 0.1) is 10.8 Å². The average molecular weight is 681 g/mol. The highest BCUT2D eigenvalue weighted by Gasteiger charge is 2.21. The van der Waals surface area contributed by atoms with Gasteiger partial charge in [0.25, 0.3) is 0 Å². The number of ether oxygens (including phenoxy) is 2. The van der Waals surface area contributed by atoms with Crippen LogP contribution >= 0.6 is 48.0 Å². The summed E-state index contributed by atoms with van der Waals surface area (Å²) in [7, 11) is 0. The SMILES string of the molecule is CC(=N)N1CCC(Oc2ccc(OCc3nc4cc(C(=N)N)ccc4n3CC(=O)Nc3ccc(Cl)c(Cl)c3)cc2)CC1.Cl.Cl. The van der Waals surface area contributed by atoms with Gasteiger partial charge in [-0.15, -0.1) is 24.8 Å². The van der Waals surface area contributed by atoms with Crippen LogP contribution in [-0.4, -0.2) is 51.2 Å². The number of hydrogen-bond acceptors (Lipinski definition) is 6. The van der Waals surface area contributed by atoms with Crippen molar-refractivity contribution in [2.45, 2.75) is 39.0 Å². The number of rotatable bonds is 9. The summed E-state index contributed by atoms with van der Waals surface area (Å²) in [5.74, 6) is 2.15. The second-order valence-corrected chi connectivity index (χ2v) is 10.9. The number of nitrogens with zero attached hydrogens (tertiary/aromatic N) is 3. The fourth-order valence-corrected chi connectivity index (χ4v) is 5.11. The van der Waals surface area contributed by atoms with Crippen LogP contribution in [0.25, 0.3) is 11.0 Å². The number of likely N-dealkylation sites (tertiary alicyclic amines) is 1. The van der Waals surface area contributed by atoms with Crippen LogP contribution in [0.5, 0.6) is 11.5 Å². The number of carbonyl (C=O) groups excluding carboxylic acids is 1. The lowest BCUT2D eigenvalue weighted by Gasteiger charge is -2.32. The molecule has 5 rings (SSSR count). The van der Waals surface area contributed by atoms with Crippen LogP contribution < -0.4 is 20.5 Å². The molecule has 1 amide bonds. The monoisotopic (exact) mass is 679 g/mol. The van der Waals surface area contributed by atoms with E-state index in [9.17, 15) is 4.79 Å². The summed E-state index contributed by atoms with van der Waals surface area (Å²) in [5.41, 5.74) is 8.04. The standard InChI is InChI=1S/C30H31Cl2N7O3.2ClH/c1-18(33)38-12-10-23(11-13-38)42-22-6-4-21(5-7-22)41-17-28-37-26-14-19(30(34)35)2-9-27(26)39(28)16-29(40)36-20-3-8-24(31)25(32)15-20;;/h2-9,14-15,23,33H,10-13,16-17H2,1H3,(H3,34,35)(H,36,40);2*1H. The third-order valence-corrected chi connectivity index (χ3v) is 7.79. The molecule has 14 heteroatoms. The highest BCUT2D eigenvalue weighted by molar-refractivity contribution is 6.42. The van der Waals surface area contributed by atoms with Gasteiger partial charge in [0.05, 0.1) is 26.9 Å². The van der Waals surface area contributed by atoms with Crippen molar-refractivity contribution in [1.29, 1.82) is 10.8 Å². The van der Waals surface area contributed by atoms with Crippen molar-refractivity contribution in [1.82, 2.24) is 14.5 Å². The zero-order valence-corrected chi connectivity index (χ0v) is 27.0. The third-order valence-electron chi connectivity index (χ3n) is 7.05. The number of aromatic nitrogens is 2. The number of carbonyl (C=O) groups is 1. The van der Waals surface area contributed by atoms with Crippen molar-refractivity contribution in [3.63, 3.8) is 0 Å². The molecule has 1 aliphatic heterocycles. The van der Waals surface area contributed by atoms with Crippen LogP contribution in [0.2, 0.25) is 10.0 Å². The largest absolute Gasteiger partial charge is 0.490 e. The fourth-order valence-electron chi connectivity index (χ4n) is 4.82. The number of benzene rings is 3. The average Bonchev–Trinajstić information content (AvgIpc) is 3.31. The summed E-state index contributed by atoms with van der Waals surface area (Å²) in [4.78, 5) is 19.8. The van der Waals surface area contributed by atoms with Gasteiger partial charge in [-0.3, -0.25) is 15.6 Å². The Bertz CT molecular complexity index is 1640. The molecule has 0 radical (unpaired) electrons. The number of fused-ring (bicyclic) bond motifs is 1. The lowest BCUT2D eigenvalue weighted by Crippen LogP contribution is -2.40.